The van der Waals surface area contributed by atoms with E-state index in [1.807, 2.05) is 51.1 Å². The summed E-state index contributed by atoms with van der Waals surface area (Å²) in [5, 5.41) is 12.4. The lowest BCUT2D eigenvalue weighted by Gasteiger charge is -2.35. The fourth-order valence-corrected chi connectivity index (χ4v) is 3.18. The Balaban J connectivity index is 2.01. The summed E-state index contributed by atoms with van der Waals surface area (Å²) in [7, 11) is 0. The third kappa shape index (κ3) is 3.03. The van der Waals surface area contributed by atoms with Crippen molar-refractivity contribution in [2.45, 2.75) is 33.0 Å². The highest BCUT2D eigenvalue weighted by Gasteiger charge is 2.40. The molecule has 0 bridgehead atoms. The van der Waals surface area contributed by atoms with E-state index in [1.54, 1.807) is 11.0 Å². The second-order valence-corrected chi connectivity index (χ2v) is 6.10. The van der Waals surface area contributed by atoms with Gasteiger partial charge in [-0.25, -0.2) is 0 Å². The maximum atomic E-state index is 12.6. The van der Waals surface area contributed by atoms with E-state index in [-0.39, 0.29) is 11.8 Å². The quantitative estimate of drug-likeness (QED) is 0.921. The molecule has 1 amide bonds. The van der Waals surface area contributed by atoms with E-state index in [0.29, 0.717) is 0 Å². The molecule has 0 fully saturated rings. The van der Waals surface area contributed by atoms with Gasteiger partial charge in [-0.2, -0.15) is 5.26 Å². The zero-order valence-electron chi connectivity index (χ0n) is 15.5. The summed E-state index contributed by atoms with van der Waals surface area (Å²) in [6.07, 6.45) is -0.219. The number of allylic oxidation sites excluding steroid dienone is 1. The summed E-state index contributed by atoms with van der Waals surface area (Å²) in [5.41, 5.74) is 2.61. The molecule has 3 unspecified atom stereocenters. The van der Waals surface area contributed by atoms with Gasteiger partial charge in [0.15, 0.2) is 5.76 Å². The van der Waals surface area contributed by atoms with Crippen LogP contribution in [0.4, 0.5) is 0 Å². The molecular formula is C20H21N3O2. The van der Waals surface area contributed by atoms with Crippen molar-refractivity contribution in [3.8, 4) is 6.07 Å². The lowest BCUT2D eigenvalue weighted by atomic mass is 10.0. The number of furan rings is 1. The topological polar surface area (TPSA) is 69.3 Å². The number of hydrogen-bond acceptors (Lipinski definition) is 4. The monoisotopic (exact) mass is 336 g/mol. The lowest BCUT2D eigenvalue weighted by Crippen LogP contribution is -2.48. The maximum absolute atomic E-state index is 12.6. The van der Waals surface area contributed by atoms with Crippen LogP contribution in [-0.2, 0) is 0 Å². The number of hydrogen-bond donors (Lipinski definition) is 1. The Morgan fingerprint density at radius 2 is 2.04 bits per heavy atom. The first kappa shape index (κ1) is 15.5. The third-order valence-corrected chi connectivity index (χ3v) is 4.68. The standard InChI is InChI=1S/C20H21N3O2/c1-13-14(2)23(15(3)16-8-5-4-6-9-16)19(17(13)12-21)22-20(24)18-10-7-11-25-18/h4-11,15,17,19H,1-3H3,(H,22,24)/i19D. The van der Waals surface area contributed by atoms with Crippen LogP contribution in [0.2, 0.25) is 0 Å². The molecule has 5 heteroatoms. The van der Waals surface area contributed by atoms with Crippen molar-refractivity contribution in [1.29, 1.82) is 5.26 Å². The average molecular weight is 336 g/mol. The molecule has 0 aliphatic carbocycles. The molecule has 2 heterocycles. The van der Waals surface area contributed by atoms with Gasteiger partial charge < -0.3 is 14.6 Å². The summed E-state index contributed by atoms with van der Waals surface area (Å²) < 4.78 is 14.2. The predicted octanol–water partition coefficient (Wildman–Crippen LogP) is 3.85. The molecule has 2 aromatic rings. The minimum absolute atomic E-state index is 0.114. The van der Waals surface area contributed by atoms with Crippen molar-refractivity contribution in [1.82, 2.24) is 10.2 Å². The summed E-state index contributed by atoms with van der Waals surface area (Å²) >= 11 is 0. The molecule has 3 rings (SSSR count). The van der Waals surface area contributed by atoms with Crippen LogP contribution in [0.5, 0.6) is 0 Å². The Bertz CT molecular complexity index is 870. The first-order valence-corrected chi connectivity index (χ1v) is 8.17. The molecule has 1 aromatic heterocycles. The SMILES string of the molecule is [2H]C1(NC(=O)c2ccco2)C(C#N)C(C)=C(C)N1C(C)c1ccccc1. The van der Waals surface area contributed by atoms with Gasteiger partial charge in [0, 0.05) is 5.70 Å². The van der Waals surface area contributed by atoms with E-state index in [2.05, 4.69) is 11.4 Å². The number of benzene rings is 1. The first-order chi connectivity index (χ1) is 12.4. The van der Waals surface area contributed by atoms with E-state index >= 15 is 0 Å². The third-order valence-electron chi connectivity index (χ3n) is 4.68. The van der Waals surface area contributed by atoms with E-state index in [4.69, 9.17) is 5.79 Å². The van der Waals surface area contributed by atoms with E-state index in [9.17, 15) is 10.1 Å². The predicted molar refractivity (Wildman–Crippen MR) is 94.1 cm³/mol. The molecular weight excluding hydrogens is 314 g/mol. The van der Waals surface area contributed by atoms with Crippen LogP contribution in [0.3, 0.4) is 0 Å². The van der Waals surface area contributed by atoms with Crippen molar-refractivity contribution in [2.24, 2.45) is 5.92 Å². The normalized spacial score (nSPS) is 24.6. The molecule has 3 atom stereocenters. The van der Waals surface area contributed by atoms with Crippen LogP contribution >= 0.6 is 0 Å². The fourth-order valence-electron chi connectivity index (χ4n) is 3.18. The van der Waals surface area contributed by atoms with Crippen LogP contribution in [0.15, 0.2) is 64.4 Å². The van der Waals surface area contributed by atoms with Crippen LogP contribution in [0.1, 0.15) is 44.3 Å². The molecule has 0 spiro atoms. The number of carbonyl (C=O) groups is 1. The smallest absolute Gasteiger partial charge is 0.288 e. The number of nitrogens with one attached hydrogen (secondary N) is 1. The molecule has 0 saturated carbocycles. The van der Waals surface area contributed by atoms with Crippen LogP contribution in [0.25, 0.3) is 0 Å². The Kier molecular flexibility index (Phi) is 4.26. The minimum Gasteiger partial charge on any atom is -0.459 e. The summed E-state index contributed by atoms with van der Waals surface area (Å²) in [4.78, 5) is 14.4. The van der Waals surface area contributed by atoms with Crippen molar-refractivity contribution in [3.05, 3.63) is 71.3 Å². The fraction of sp³-hybridized carbons (Fsp3) is 0.300. The van der Waals surface area contributed by atoms with Gasteiger partial charge in [0.2, 0.25) is 0 Å². The first-order valence-electron chi connectivity index (χ1n) is 8.67. The van der Waals surface area contributed by atoms with Crippen molar-refractivity contribution in [2.75, 3.05) is 0 Å². The van der Waals surface area contributed by atoms with Gasteiger partial charge in [-0.05, 0) is 44.0 Å². The van der Waals surface area contributed by atoms with E-state index in [1.165, 1.54) is 12.3 Å². The second kappa shape index (κ2) is 6.86. The number of amides is 1. The largest absolute Gasteiger partial charge is 0.459 e. The highest BCUT2D eigenvalue weighted by molar-refractivity contribution is 5.91. The molecule has 1 aromatic carbocycles. The number of carbonyl (C=O) groups excluding carboxylic acids is 1. The molecule has 0 saturated heterocycles. The molecule has 1 aliphatic heterocycles. The highest BCUT2D eigenvalue weighted by atomic mass is 16.3. The maximum Gasteiger partial charge on any atom is 0.288 e. The molecule has 25 heavy (non-hydrogen) atoms. The Labute approximate surface area is 149 Å². The van der Waals surface area contributed by atoms with Gasteiger partial charge >= 0.3 is 0 Å². The average Bonchev–Trinajstić information content (AvgIpc) is 3.22. The zero-order chi connectivity index (χ0) is 18.9. The Hall–Kier alpha value is -3.00. The van der Waals surface area contributed by atoms with Crippen molar-refractivity contribution in [3.63, 3.8) is 0 Å². The summed E-state index contributed by atoms with van der Waals surface area (Å²) in [5.74, 6) is -1.19. The van der Waals surface area contributed by atoms with Crippen LogP contribution in [0, 0.1) is 17.2 Å². The van der Waals surface area contributed by atoms with Gasteiger partial charge in [-0.1, -0.05) is 30.3 Å². The van der Waals surface area contributed by atoms with E-state index < -0.39 is 18.0 Å². The minimum atomic E-state index is -1.62. The van der Waals surface area contributed by atoms with E-state index in [0.717, 1.165) is 16.8 Å². The number of nitriles is 1. The number of nitrogens with zero attached hydrogens (tertiary/aromatic N) is 2. The van der Waals surface area contributed by atoms with Crippen LogP contribution < -0.4 is 5.32 Å². The molecule has 128 valence electrons. The zero-order valence-corrected chi connectivity index (χ0v) is 14.5. The molecule has 1 aliphatic rings. The van der Waals surface area contributed by atoms with Gasteiger partial charge in [0.05, 0.1) is 19.7 Å². The van der Waals surface area contributed by atoms with Crippen molar-refractivity contribution >= 4 is 5.91 Å². The van der Waals surface area contributed by atoms with Crippen LogP contribution in [-0.4, -0.2) is 16.9 Å². The molecule has 5 nitrogen and oxygen atoms in total. The molecule has 1 N–H and O–H groups in total. The number of rotatable bonds is 4. The van der Waals surface area contributed by atoms with Gasteiger partial charge in [0.1, 0.15) is 12.1 Å². The van der Waals surface area contributed by atoms with Gasteiger partial charge in [-0.3, -0.25) is 4.79 Å². The van der Waals surface area contributed by atoms with Gasteiger partial charge in [0.25, 0.3) is 5.91 Å². The molecule has 0 radical (unpaired) electrons. The highest BCUT2D eigenvalue weighted by Crippen LogP contribution is 2.38. The second-order valence-electron chi connectivity index (χ2n) is 6.10. The van der Waals surface area contributed by atoms with Crippen molar-refractivity contribution < 1.29 is 10.6 Å². The Morgan fingerprint density at radius 3 is 2.64 bits per heavy atom. The lowest BCUT2D eigenvalue weighted by molar-refractivity contribution is 0.0820. The summed E-state index contributed by atoms with van der Waals surface area (Å²) in [6, 6.07) is 14.9. The Morgan fingerprint density at radius 1 is 1.32 bits per heavy atom. The van der Waals surface area contributed by atoms with Gasteiger partial charge in [-0.15, -0.1) is 0 Å². The summed E-state index contributed by atoms with van der Waals surface area (Å²) in [6.45, 7) is 5.69.